The van der Waals surface area contributed by atoms with Crippen molar-refractivity contribution in [3.63, 3.8) is 0 Å². The van der Waals surface area contributed by atoms with E-state index in [0.29, 0.717) is 12.1 Å². The van der Waals surface area contributed by atoms with Gasteiger partial charge in [-0.1, -0.05) is 12.1 Å². The van der Waals surface area contributed by atoms with Crippen molar-refractivity contribution >= 4 is 21.7 Å². The number of benzene rings is 1. The molecule has 0 aliphatic heterocycles. The number of imidazole rings is 1. The van der Waals surface area contributed by atoms with Crippen molar-refractivity contribution in [1.82, 2.24) is 9.55 Å². The van der Waals surface area contributed by atoms with Crippen LogP contribution in [0.2, 0.25) is 0 Å². The molecular weight excluding hydrogens is 294 g/mol. The average Bonchev–Trinajstić information content (AvgIpc) is 2.85. The van der Waals surface area contributed by atoms with Gasteiger partial charge in [0.2, 0.25) is 0 Å². The number of carboxylic acid groups (broad SMARTS) is 1. The third-order valence-electron chi connectivity index (χ3n) is 2.79. The number of aliphatic carboxylic acids is 1. The Morgan fingerprint density at radius 2 is 2.00 bits per heavy atom. The minimum Gasteiger partial charge on any atom is -0.481 e. The Balaban J connectivity index is 2.08. The fourth-order valence-electron chi connectivity index (χ4n) is 1.73. The molecule has 2 aromatic rings. The van der Waals surface area contributed by atoms with E-state index < -0.39 is 16.0 Å². The van der Waals surface area contributed by atoms with E-state index in [1.165, 1.54) is 12.5 Å². The Hall–Kier alpha value is -2.35. The predicted octanol–water partition coefficient (Wildman–Crippen LogP) is 1.24. The summed E-state index contributed by atoms with van der Waals surface area (Å²) in [6, 6.07) is 6.58. The second-order valence-corrected chi connectivity index (χ2v) is 6.20. The van der Waals surface area contributed by atoms with Crippen LogP contribution in [0.1, 0.15) is 12.0 Å². The molecule has 0 saturated carbocycles. The number of carboxylic acids is 1. The molecule has 1 heterocycles. The van der Waals surface area contributed by atoms with Crippen LogP contribution >= 0.6 is 0 Å². The lowest BCUT2D eigenvalue weighted by Crippen LogP contribution is -2.13. The van der Waals surface area contributed by atoms with Crippen LogP contribution < -0.4 is 4.72 Å². The van der Waals surface area contributed by atoms with Crippen LogP contribution in [0, 0.1) is 0 Å². The van der Waals surface area contributed by atoms with Crippen LogP contribution in [0.15, 0.2) is 41.8 Å². The van der Waals surface area contributed by atoms with E-state index in [1.54, 1.807) is 35.9 Å². The normalized spacial score (nSPS) is 11.3. The van der Waals surface area contributed by atoms with Crippen LogP contribution in [0.25, 0.3) is 0 Å². The van der Waals surface area contributed by atoms with Gasteiger partial charge in [-0.3, -0.25) is 9.52 Å². The van der Waals surface area contributed by atoms with Gasteiger partial charge in [0.05, 0.1) is 6.33 Å². The van der Waals surface area contributed by atoms with Crippen molar-refractivity contribution in [3.8, 4) is 0 Å². The first-order chi connectivity index (χ1) is 9.87. The largest absolute Gasteiger partial charge is 0.481 e. The standard InChI is InChI=1S/C13H15N3O4S/c1-16-8-12(14-9-16)21(19,20)15-11-5-2-10(3-6-11)4-7-13(17)18/h2-3,5-6,8-9,15H,4,7H2,1H3,(H,17,18). The fourth-order valence-corrected chi connectivity index (χ4v) is 2.77. The van der Waals surface area contributed by atoms with Crippen LogP contribution in [-0.4, -0.2) is 29.0 Å². The Bertz CT molecular complexity index is 735. The lowest BCUT2D eigenvalue weighted by atomic mass is 10.1. The van der Waals surface area contributed by atoms with E-state index >= 15 is 0 Å². The molecule has 0 saturated heterocycles. The van der Waals surface area contributed by atoms with Crippen molar-refractivity contribution in [2.45, 2.75) is 17.9 Å². The Kier molecular flexibility index (Phi) is 4.27. The quantitative estimate of drug-likeness (QED) is 0.836. The van der Waals surface area contributed by atoms with Crippen molar-refractivity contribution < 1.29 is 18.3 Å². The van der Waals surface area contributed by atoms with E-state index in [0.717, 1.165) is 5.56 Å². The molecule has 1 aromatic heterocycles. The summed E-state index contributed by atoms with van der Waals surface area (Å²) in [6.07, 6.45) is 3.26. The molecule has 0 amide bonds. The summed E-state index contributed by atoms with van der Waals surface area (Å²) in [5.74, 6) is -0.866. The first-order valence-electron chi connectivity index (χ1n) is 6.18. The first kappa shape index (κ1) is 15.0. The third kappa shape index (κ3) is 4.06. The zero-order valence-electron chi connectivity index (χ0n) is 11.4. The number of hydrogen-bond donors (Lipinski definition) is 2. The van der Waals surface area contributed by atoms with Gasteiger partial charge < -0.3 is 9.67 Å². The lowest BCUT2D eigenvalue weighted by Gasteiger charge is -2.06. The van der Waals surface area contributed by atoms with Crippen LogP contribution in [0.3, 0.4) is 0 Å². The summed E-state index contributed by atoms with van der Waals surface area (Å²) >= 11 is 0. The van der Waals surface area contributed by atoms with Crippen LogP contribution in [0.5, 0.6) is 0 Å². The highest BCUT2D eigenvalue weighted by Crippen LogP contribution is 2.16. The number of anilines is 1. The highest BCUT2D eigenvalue weighted by molar-refractivity contribution is 7.92. The fraction of sp³-hybridized carbons (Fsp3) is 0.231. The van der Waals surface area contributed by atoms with Gasteiger partial charge in [0.1, 0.15) is 0 Å². The van der Waals surface area contributed by atoms with Gasteiger partial charge in [-0.2, -0.15) is 8.42 Å². The molecule has 112 valence electrons. The molecule has 7 nitrogen and oxygen atoms in total. The molecule has 0 fully saturated rings. The van der Waals surface area contributed by atoms with E-state index in [1.807, 2.05) is 0 Å². The molecule has 0 aliphatic carbocycles. The highest BCUT2D eigenvalue weighted by atomic mass is 32.2. The molecule has 0 spiro atoms. The Labute approximate surface area is 122 Å². The number of carbonyl (C=O) groups is 1. The van der Waals surface area contributed by atoms with Crippen molar-refractivity contribution in [2.24, 2.45) is 7.05 Å². The number of nitrogens with zero attached hydrogens (tertiary/aromatic N) is 2. The SMILES string of the molecule is Cn1cnc(S(=O)(=O)Nc2ccc(CCC(=O)O)cc2)c1. The molecule has 2 rings (SSSR count). The van der Waals surface area contributed by atoms with Gasteiger partial charge in [-0.05, 0) is 24.1 Å². The van der Waals surface area contributed by atoms with Gasteiger partial charge >= 0.3 is 5.97 Å². The maximum Gasteiger partial charge on any atom is 0.303 e. The first-order valence-corrected chi connectivity index (χ1v) is 7.67. The highest BCUT2D eigenvalue weighted by Gasteiger charge is 2.16. The minimum atomic E-state index is -3.71. The summed E-state index contributed by atoms with van der Waals surface area (Å²) in [6.45, 7) is 0. The number of nitrogens with one attached hydrogen (secondary N) is 1. The Morgan fingerprint density at radius 1 is 1.33 bits per heavy atom. The maximum atomic E-state index is 12.1. The van der Waals surface area contributed by atoms with Crippen molar-refractivity contribution in [3.05, 3.63) is 42.4 Å². The number of sulfonamides is 1. The van der Waals surface area contributed by atoms with Gasteiger partial charge in [0.25, 0.3) is 10.0 Å². The number of rotatable bonds is 6. The summed E-state index contributed by atoms with van der Waals surface area (Å²) in [5, 5.41) is 8.55. The third-order valence-corrected chi connectivity index (χ3v) is 4.06. The maximum absolute atomic E-state index is 12.1. The van der Waals surface area contributed by atoms with Gasteiger partial charge in [0.15, 0.2) is 5.03 Å². The van der Waals surface area contributed by atoms with E-state index in [9.17, 15) is 13.2 Å². The molecule has 0 bridgehead atoms. The monoisotopic (exact) mass is 309 g/mol. The number of hydrogen-bond acceptors (Lipinski definition) is 4. The van der Waals surface area contributed by atoms with Gasteiger partial charge in [-0.25, -0.2) is 4.98 Å². The van der Waals surface area contributed by atoms with Crippen molar-refractivity contribution in [2.75, 3.05) is 4.72 Å². The Morgan fingerprint density at radius 3 is 2.52 bits per heavy atom. The van der Waals surface area contributed by atoms with E-state index in [4.69, 9.17) is 5.11 Å². The lowest BCUT2D eigenvalue weighted by molar-refractivity contribution is -0.136. The molecule has 0 aliphatic rings. The summed E-state index contributed by atoms with van der Waals surface area (Å²) in [5.41, 5.74) is 1.23. The predicted molar refractivity (Wildman–Crippen MR) is 76.4 cm³/mol. The smallest absolute Gasteiger partial charge is 0.303 e. The second kappa shape index (κ2) is 5.96. The number of aryl methyl sites for hydroxylation is 2. The zero-order valence-corrected chi connectivity index (χ0v) is 12.2. The zero-order chi connectivity index (χ0) is 15.5. The second-order valence-electron chi connectivity index (χ2n) is 4.57. The summed E-state index contributed by atoms with van der Waals surface area (Å²) in [4.78, 5) is 14.3. The van der Waals surface area contributed by atoms with E-state index in [2.05, 4.69) is 9.71 Å². The van der Waals surface area contributed by atoms with Gasteiger partial charge in [-0.15, -0.1) is 0 Å². The summed E-state index contributed by atoms with van der Waals surface area (Å²) in [7, 11) is -2.02. The molecule has 0 radical (unpaired) electrons. The molecule has 0 unspecified atom stereocenters. The molecular formula is C13H15N3O4S. The molecule has 0 atom stereocenters. The molecule has 2 N–H and O–H groups in total. The van der Waals surface area contributed by atoms with Crippen molar-refractivity contribution in [1.29, 1.82) is 0 Å². The molecule has 1 aromatic carbocycles. The molecule has 21 heavy (non-hydrogen) atoms. The van der Waals surface area contributed by atoms with E-state index in [-0.39, 0.29) is 11.4 Å². The average molecular weight is 309 g/mol. The van der Waals surface area contributed by atoms with Crippen LogP contribution in [0.4, 0.5) is 5.69 Å². The van der Waals surface area contributed by atoms with Crippen LogP contribution in [-0.2, 0) is 28.3 Å². The van der Waals surface area contributed by atoms with Gasteiger partial charge in [0, 0.05) is 25.4 Å². The summed E-state index contributed by atoms with van der Waals surface area (Å²) < 4.78 is 28.1. The minimum absolute atomic E-state index is 0.0407. The topological polar surface area (TPSA) is 101 Å². The molecule has 8 heteroatoms. The number of aromatic nitrogens is 2.